The lowest BCUT2D eigenvalue weighted by Crippen LogP contribution is -2.41. The Morgan fingerprint density at radius 1 is 1.33 bits per heavy atom. The molecule has 0 unspecified atom stereocenters. The molecule has 0 aliphatic carbocycles. The van der Waals surface area contributed by atoms with E-state index in [1.165, 1.54) is 7.05 Å². The molecule has 0 heterocycles. The van der Waals surface area contributed by atoms with Crippen LogP contribution in [0.15, 0.2) is 0 Å². The summed E-state index contributed by atoms with van der Waals surface area (Å²) in [5.74, 6) is 0.638. The summed E-state index contributed by atoms with van der Waals surface area (Å²) in [6.07, 6.45) is 0. The van der Waals surface area contributed by atoms with E-state index in [-0.39, 0.29) is 16.6 Å². The van der Waals surface area contributed by atoms with Gasteiger partial charge in [0.15, 0.2) is 0 Å². The number of amides is 3. The van der Waals surface area contributed by atoms with E-state index in [1.54, 1.807) is 18.7 Å². The summed E-state index contributed by atoms with van der Waals surface area (Å²) in [4.78, 5) is 22.3. The van der Waals surface area contributed by atoms with E-state index >= 15 is 0 Å². The molecule has 0 rings (SSSR count). The second-order valence-corrected chi connectivity index (χ2v) is 5.91. The fourth-order valence-electron chi connectivity index (χ4n) is 0.727. The van der Waals surface area contributed by atoms with Crippen molar-refractivity contribution in [2.75, 3.05) is 12.8 Å². The van der Waals surface area contributed by atoms with Gasteiger partial charge in [-0.05, 0) is 18.1 Å². The Morgan fingerprint density at radius 2 is 1.87 bits per heavy atom. The summed E-state index contributed by atoms with van der Waals surface area (Å²) in [6.45, 7) is 8.14. The second kappa shape index (κ2) is 6.00. The van der Waals surface area contributed by atoms with Crippen LogP contribution < -0.4 is 10.6 Å². The zero-order chi connectivity index (χ0) is 12.1. The van der Waals surface area contributed by atoms with Crippen LogP contribution in [0.4, 0.5) is 4.79 Å². The minimum Gasteiger partial charge on any atom is -0.341 e. The fourth-order valence-corrected chi connectivity index (χ4v) is 1.69. The first kappa shape index (κ1) is 14.3. The number of rotatable bonds is 3. The minimum absolute atomic E-state index is 0.187. The lowest BCUT2D eigenvalue weighted by molar-refractivity contribution is -0.119. The average molecular weight is 232 g/mol. The summed E-state index contributed by atoms with van der Waals surface area (Å²) in [5.41, 5.74) is 0.187. The molecule has 1 atom stereocenters. The van der Waals surface area contributed by atoms with Crippen LogP contribution in [0.1, 0.15) is 27.7 Å². The van der Waals surface area contributed by atoms with Crippen molar-refractivity contribution < 1.29 is 9.59 Å². The predicted molar refractivity (Wildman–Crippen MR) is 64.0 cm³/mol. The van der Waals surface area contributed by atoms with Crippen molar-refractivity contribution in [3.05, 3.63) is 0 Å². The molecule has 0 spiro atoms. The topological polar surface area (TPSA) is 58.2 Å². The number of carbonyl (C=O) groups is 2. The highest BCUT2D eigenvalue weighted by Gasteiger charge is 2.19. The van der Waals surface area contributed by atoms with Gasteiger partial charge in [0, 0.05) is 7.05 Å². The molecule has 0 saturated carbocycles. The van der Waals surface area contributed by atoms with Gasteiger partial charge in [-0.25, -0.2) is 4.79 Å². The van der Waals surface area contributed by atoms with Crippen molar-refractivity contribution >= 4 is 23.7 Å². The summed E-state index contributed by atoms with van der Waals surface area (Å²) in [5, 5.41) is 4.39. The van der Waals surface area contributed by atoms with Gasteiger partial charge < -0.3 is 5.32 Å². The highest BCUT2D eigenvalue weighted by atomic mass is 32.2. The first-order chi connectivity index (χ1) is 6.76. The molecule has 0 bridgehead atoms. The van der Waals surface area contributed by atoms with Crippen molar-refractivity contribution in [2.45, 2.75) is 32.9 Å². The quantitative estimate of drug-likeness (QED) is 0.777. The third-order valence-electron chi connectivity index (χ3n) is 1.60. The first-order valence-electron chi connectivity index (χ1n) is 4.90. The van der Waals surface area contributed by atoms with Gasteiger partial charge in [-0.3, -0.25) is 10.1 Å². The predicted octanol–water partition coefficient (Wildman–Crippen LogP) is 1.61. The SMILES string of the molecule is CNC(=O)NC(=O)[C@@H](C)SCC(C)(C)C. The monoisotopic (exact) mass is 232 g/mol. The molecule has 0 fully saturated rings. The number of urea groups is 1. The lowest BCUT2D eigenvalue weighted by Gasteiger charge is -2.19. The van der Waals surface area contributed by atoms with Gasteiger partial charge >= 0.3 is 6.03 Å². The highest BCUT2D eigenvalue weighted by Crippen LogP contribution is 2.23. The summed E-state index contributed by atoms with van der Waals surface area (Å²) < 4.78 is 0. The van der Waals surface area contributed by atoms with Gasteiger partial charge in [-0.1, -0.05) is 20.8 Å². The van der Waals surface area contributed by atoms with E-state index in [0.29, 0.717) is 0 Å². The number of nitrogens with one attached hydrogen (secondary N) is 2. The molecule has 88 valence electrons. The van der Waals surface area contributed by atoms with Crippen molar-refractivity contribution in [1.82, 2.24) is 10.6 Å². The van der Waals surface area contributed by atoms with Crippen LogP contribution in [0.25, 0.3) is 0 Å². The van der Waals surface area contributed by atoms with Gasteiger partial charge in [-0.2, -0.15) is 0 Å². The Balaban J connectivity index is 3.95. The molecular weight excluding hydrogens is 212 g/mol. The number of imide groups is 1. The summed E-state index contributed by atoms with van der Waals surface area (Å²) >= 11 is 1.55. The fraction of sp³-hybridized carbons (Fsp3) is 0.800. The summed E-state index contributed by atoms with van der Waals surface area (Å²) in [7, 11) is 1.48. The van der Waals surface area contributed by atoms with Crippen LogP contribution >= 0.6 is 11.8 Å². The van der Waals surface area contributed by atoms with Crippen LogP contribution in [0.3, 0.4) is 0 Å². The molecule has 0 aromatic rings. The molecule has 3 amide bonds. The molecule has 0 aliphatic rings. The third kappa shape index (κ3) is 7.25. The molecule has 15 heavy (non-hydrogen) atoms. The summed E-state index contributed by atoms with van der Waals surface area (Å²) in [6, 6.07) is -0.455. The largest absolute Gasteiger partial charge is 0.341 e. The van der Waals surface area contributed by atoms with E-state index in [9.17, 15) is 9.59 Å². The Hall–Kier alpha value is -0.710. The maximum Gasteiger partial charge on any atom is 0.321 e. The van der Waals surface area contributed by atoms with Crippen LogP contribution in [0.5, 0.6) is 0 Å². The number of hydrogen-bond acceptors (Lipinski definition) is 3. The molecule has 2 N–H and O–H groups in total. The molecule has 0 aromatic heterocycles. The van der Waals surface area contributed by atoms with Crippen molar-refractivity contribution in [1.29, 1.82) is 0 Å². The second-order valence-electron chi connectivity index (χ2n) is 4.58. The zero-order valence-corrected chi connectivity index (χ0v) is 10.8. The lowest BCUT2D eigenvalue weighted by atomic mass is 10.0. The van der Waals surface area contributed by atoms with Gasteiger partial charge in [0.1, 0.15) is 0 Å². The molecule has 4 nitrogen and oxygen atoms in total. The third-order valence-corrected chi connectivity index (χ3v) is 3.35. The van der Waals surface area contributed by atoms with Crippen molar-refractivity contribution in [3.8, 4) is 0 Å². The number of thioether (sulfide) groups is 1. The van der Waals surface area contributed by atoms with E-state index in [4.69, 9.17) is 0 Å². The van der Waals surface area contributed by atoms with Crippen LogP contribution in [-0.4, -0.2) is 30.0 Å². The molecule has 0 radical (unpaired) electrons. The molecular formula is C10H20N2O2S. The van der Waals surface area contributed by atoms with Gasteiger partial charge in [0.25, 0.3) is 0 Å². The van der Waals surface area contributed by atoms with Gasteiger partial charge in [-0.15, -0.1) is 11.8 Å². The van der Waals surface area contributed by atoms with Gasteiger partial charge in [0.2, 0.25) is 5.91 Å². The maximum atomic E-state index is 11.4. The average Bonchev–Trinajstić information content (AvgIpc) is 2.12. The first-order valence-corrected chi connectivity index (χ1v) is 5.95. The maximum absolute atomic E-state index is 11.4. The Bertz CT molecular complexity index is 236. The number of hydrogen-bond donors (Lipinski definition) is 2. The zero-order valence-electron chi connectivity index (χ0n) is 10.0. The van der Waals surface area contributed by atoms with Gasteiger partial charge in [0.05, 0.1) is 5.25 Å². The Kier molecular flexibility index (Phi) is 5.72. The van der Waals surface area contributed by atoms with Crippen molar-refractivity contribution in [3.63, 3.8) is 0 Å². The minimum atomic E-state index is -0.455. The van der Waals surface area contributed by atoms with E-state index in [2.05, 4.69) is 31.4 Å². The molecule has 5 heteroatoms. The smallest absolute Gasteiger partial charge is 0.321 e. The standard InChI is InChI=1S/C10H20N2O2S/c1-7(15-6-10(2,3)4)8(13)12-9(14)11-5/h7H,6H2,1-5H3,(H2,11,12,13,14)/t7-/m1/s1. The Morgan fingerprint density at radius 3 is 2.27 bits per heavy atom. The number of carbonyl (C=O) groups excluding carboxylic acids is 2. The molecule has 0 saturated heterocycles. The van der Waals surface area contributed by atoms with E-state index < -0.39 is 6.03 Å². The van der Waals surface area contributed by atoms with Crippen LogP contribution in [0, 0.1) is 5.41 Å². The molecule has 0 aliphatic heterocycles. The van der Waals surface area contributed by atoms with Crippen molar-refractivity contribution in [2.24, 2.45) is 5.41 Å². The van der Waals surface area contributed by atoms with E-state index in [0.717, 1.165) is 5.75 Å². The van der Waals surface area contributed by atoms with Crippen LogP contribution in [-0.2, 0) is 4.79 Å². The molecule has 0 aromatic carbocycles. The normalized spacial score (nSPS) is 13.1. The highest BCUT2D eigenvalue weighted by molar-refractivity contribution is 8.00. The Labute approximate surface area is 95.6 Å². The van der Waals surface area contributed by atoms with E-state index in [1.807, 2.05) is 0 Å². The van der Waals surface area contributed by atoms with Crippen LogP contribution in [0.2, 0.25) is 0 Å².